The van der Waals surface area contributed by atoms with Crippen molar-refractivity contribution >= 4 is 28.7 Å². The number of aliphatic carboxylic acids is 1. The van der Waals surface area contributed by atoms with Crippen LogP contribution in [-0.4, -0.2) is 22.0 Å². The molecule has 0 aliphatic heterocycles. The first kappa shape index (κ1) is 15.9. The summed E-state index contributed by atoms with van der Waals surface area (Å²) in [5.74, 6) is -1.49. The topological polar surface area (TPSA) is 92.4 Å². The summed E-state index contributed by atoms with van der Waals surface area (Å²) in [6.45, 7) is 4.00. The molecule has 1 saturated carbocycles. The van der Waals surface area contributed by atoms with Crippen molar-refractivity contribution in [1.29, 1.82) is 0 Å². The van der Waals surface area contributed by atoms with E-state index in [2.05, 4.69) is 10.3 Å². The molecule has 4 atom stereocenters. The molecule has 1 aromatic carbocycles. The van der Waals surface area contributed by atoms with Crippen LogP contribution in [-0.2, 0) is 9.59 Å². The highest BCUT2D eigenvalue weighted by Gasteiger charge is 2.51. The Labute approximate surface area is 144 Å². The molecule has 6 heteroatoms. The van der Waals surface area contributed by atoms with E-state index in [1.807, 2.05) is 26.0 Å². The first-order valence-corrected chi connectivity index (χ1v) is 8.56. The number of amides is 1. The van der Waals surface area contributed by atoms with Crippen LogP contribution in [0.1, 0.15) is 32.1 Å². The Morgan fingerprint density at radius 1 is 1.24 bits per heavy atom. The van der Waals surface area contributed by atoms with E-state index in [9.17, 15) is 14.7 Å². The average molecular weight is 340 g/mol. The fourth-order valence-corrected chi connectivity index (χ4v) is 4.01. The summed E-state index contributed by atoms with van der Waals surface area (Å²) >= 11 is 0. The number of nitrogens with zero attached hydrogens (tertiary/aromatic N) is 1. The third-order valence-corrected chi connectivity index (χ3v) is 5.21. The molecule has 1 amide bonds. The highest BCUT2D eigenvalue weighted by Crippen LogP contribution is 2.48. The summed E-state index contributed by atoms with van der Waals surface area (Å²) in [5.41, 5.74) is 1.97. The molecule has 4 rings (SSSR count). The minimum atomic E-state index is -0.898. The van der Waals surface area contributed by atoms with Gasteiger partial charge >= 0.3 is 5.97 Å². The van der Waals surface area contributed by atoms with Gasteiger partial charge in [0.15, 0.2) is 11.5 Å². The molecule has 130 valence electrons. The fourth-order valence-electron chi connectivity index (χ4n) is 4.01. The maximum Gasteiger partial charge on any atom is 0.307 e. The summed E-state index contributed by atoms with van der Waals surface area (Å²) in [7, 11) is 0. The van der Waals surface area contributed by atoms with E-state index < -0.39 is 17.8 Å². The van der Waals surface area contributed by atoms with Crippen LogP contribution in [0, 0.1) is 23.7 Å². The lowest BCUT2D eigenvalue weighted by Gasteiger charge is -2.23. The third kappa shape index (κ3) is 2.62. The van der Waals surface area contributed by atoms with E-state index in [0.29, 0.717) is 22.7 Å². The highest BCUT2D eigenvalue weighted by molar-refractivity contribution is 5.97. The number of oxazole rings is 1. The van der Waals surface area contributed by atoms with Gasteiger partial charge in [-0.05, 0) is 36.5 Å². The predicted molar refractivity (Wildman–Crippen MR) is 92.1 cm³/mol. The van der Waals surface area contributed by atoms with Crippen molar-refractivity contribution in [3.63, 3.8) is 0 Å². The second-order valence-corrected chi connectivity index (χ2v) is 7.22. The number of hydrogen-bond donors (Lipinski definition) is 2. The number of anilines is 1. The number of fused-ring (bicyclic) bond motifs is 3. The molecule has 0 radical (unpaired) electrons. The van der Waals surface area contributed by atoms with Gasteiger partial charge in [-0.3, -0.25) is 9.59 Å². The van der Waals surface area contributed by atoms with Crippen LogP contribution >= 0.6 is 0 Å². The second-order valence-electron chi connectivity index (χ2n) is 7.22. The van der Waals surface area contributed by atoms with Gasteiger partial charge in [-0.1, -0.05) is 26.0 Å². The number of aromatic nitrogens is 1. The fraction of sp³-hybridized carbons (Fsp3) is 0.421. The summed E-state index contributed by atoms with van der Waals surface area (Å²) < 4.78 is 5.67. The molecule has 2 N–H and O–H groups in total. The summed E-state index contributed by atoms with van der Waals surface area (Å²) in [5, 5.41) is 12.3. The van der Waals surface area contributed by atoms with Gasteiger partial charge in [-0.2, -0.15) is 0 Å². The Morgan fingerprint density at radius 3 is 2.64 bits per heavy atom. The smallest absolute Gasteiger partial charge is 0.307 e. The van der Waals surface area contributed by atoms with E-state index >= 15 is 0 Å². The van der Waals surface area contributed by atoms with Crippen molar-refractivity contribution in [2.45, 2.75) is 26.2 Å². The number of carboxylic acid groups (broad SMARTS) is 1. The monoisotopic (exact) mass is 340 g/mol. The lowest BCUT2D eigenvalue weighted by atomic mass is 9.82. The number of allylic oxidation sites excluding steroid dienone is 2. The van der Waals surface area contributed by atoms with E-state index in [4.69, 9.17) is 4.42 Å². The largest absolute Gasteiger partial charge is 0.481 e. The number of carbonyl (C=O) groups is 2. The lowest BCUT2D eigenvalue weighted by molar-refractivity contribution is -0.146. The zero-order chi connectivity index (χ0) is 17.7. The molecule has 1 heterocycles. The van der Waals surface area contributed by atoms with Crippen molar-refractivity contribution in [2.75, 3.05) is 5.32 Å². The maximum absolute atomic E-state index is 12.7. The van der Waals surface area contributed by atoms with Crippen molar-refractivity contribution in [2.24, 2.45) is 23.7 Å². The average Bonchev–Trinajstić information content (AvgIpc) is 3.27. The first-order chi connectivity index (χ1) is 11.9. The number of nitrogens with one attached hydrogen (secondary N) is 1. The first-order valence-electron chi connectivity index (χ1n) is 8.56. The number of hydrogen-bond acceptors (Lipinski definition) is 4. The normalized spacial score (nSPS) is 27.3. The molecule has 2 aromatic rings. The van der Waals surface area contributed by atoms with Gasteiger partial charge in [-0.25, -0.2) is 4.98 Å². The van der Waals surface area contributed by atoms with Crippen LogP contribution in [0.2, 0.25) is 0 Å². The minimum absolute atomic E-state index is 0.00873. The van der Waals surface area contributed by atoms with E-state index in [0.717, 1.165) is 6.42 Å². The van der Waals surface area contributed by atoms with Crippen LogP contribution < -0.4 is 5.32 Å². The van der Waals surface area contributed by atoms with E-state index in [1.165, 1.54) is 0 Å². The Hall–Kier alpha value is -2.63. The molecule has 0 spiro atoms. The Morgan fingerprint density at radius 2 is 1.96 bits per heavy atom. The van der Waals surface area contributed by atoms with Gasteiger partial charge in [0.05, 0.1) is 11.8 Å². The Balaban J connectivity index is 1.57. The number of rotatable bonds is 4. The zero-order valence-electron chi connectivity index (χ0n) is 14.1. The van der Waals surface area contributed by atoms with Gasteiger partial charge < -0.3 is 14.8 Å². The van der Waals surface area contributed by atoms with Gasteiger partial charge in [0, 0.05) is 11.6 Å². The van der Waals surface area contributed by atoms with Gasteiger partial charge in [0.25, 0.3) is 0 Å². The number of benzene rings is 1. The highest BCUT2D eigenvalue weighted by atomic mass is 16.4. The molecule has 1 fully saturated rings. The molecular formula is C19H20N2O4. The minimum Gasteiger partial charge on any atom is -0.481 e. The van der Waals surface area contributed by atoms with Crippen molar-refractivity contribution in [1.82, 2.24) is 4.98 Å². The summed E-state index contributed by atoms with van der Waals surface area (Å²) in [6.07, 6.45) is 4.65. The summed E-state index contributed by atoms with van der Waals surface area (Å²) in [4.78, 5) is 28.7. The molecule has 0 saturated heterocycles. The Bertz CT molecular complexity index is 883. The summed E-state index contributed by atoms with van der Waals surface area (Å²) in [6, 6.07) is 5.30. The molecule has 6 nitrogen and oxygen atoms in total. The molecule has 1 aromatic heterocycles. The van der Waals surface area contributed by atoms with E-state index in [-0.39, 0.29) is 23.7 Å². The van der Waals surface area contributed by atoms with Gasteiger partial charge in [-0.15, -0.1) is 0 Å². The molecule has 25 heavy (non-hydrogen) atoms. The molecule has 2 aliphatic carbocycles. The molecule has 4 unspecified atom stereocenters. The van der Waals surface area contributed by atoms with Gasteiger partial charge in [0.2, 0.25) is 5.91 Å². The molecule has 2 aliphatic rings. The standard InChI is InChI=1S/C19H20N2O4/c1-9(2)18-21-13-8-12(5-6-14(13)25-18)20-17(22)15-10-3-4-11(7-10)16(15)19(23)24/h3-6,8-11,15-16H,7H2,1-2H3,(H,20,22)(H,23,24). The quantitative estimate of drug-likeness (QED) is 0.832. The van der Waals surface area contributed by atoms with Crippen LogP contribution in [0.3, 0.4) is 0 Å². The van der Waals surface area contributed by atoms with Crippen molar-refractivity contribution < 1.29 is 19.1 Å². The SMILES string of the molecule is CC(C)c1nc2cc(NC(=O)C3C4C=CC(C4)C3C(=O)O)ccc2o1. The number of carboxylic acids is 1. The maximum atomic E-state index is 12.7. The second kappa shape index (κ2) is 5.72. The van der Waals surface area contributed by atoms with Crippen molar-refractivity contribution in [3.05, 3.63) is 36.2 Å². The Kier molecular flexibility index (Phi) is 3.63. The zero-order valence-corrected chi connectivity index (χ0v) is 14.1. The van der Waals surface area contributed by atoms with Crippen LogP contribution in [0.15, 0.2) is 34.8 Å². The molecule has 2 bridgehead atoms. The van der Waals surface area contributed by atoms with Crippen LogP contribution in [0.4, 0.5) is 5.69 Å². The third-order valence-electron chi connectivity index (χ3n) is 5.21. The predicted octanol–water partition coefficient (Wildman–Crippen LogP) is 3.41. The van der Waals surface area contributed by atoms with Crippen LogP contribution in [0.5, 0.6) is 0 Å². The van der Waals surface area contributed by atoms with Crippen LogP contribution in [0.25, 0.3) is 11.1 Å². The lowest BCUT2D eigenvalue weighted by Crippen LogP contribution is -2.36. The van der Waals surface area contributed by atoms with E-state index in [1.54, 1.807) is 18.2 Å². The molecular weight excluding hydrogens is 320 g/mol. The van der Waals surface area contributed by atoms with Gasteiger partial charge in [0.1, 0.15) is 5.52 Å². The number of carbonyl (C=O) groups excluding carboxylic acids is 1. The van der Waals surface area contributed by atoms with Crippen molar-refractivity contribution in [3.8, 4) is 0 Å².